The van der Waals surface area contributed by atoms with E-state index in [0.29, 0.717) is 41.9 Å². The highest BCUT2D eigenvalue weighted by Gasteiger charge is 2.46. The fourth-order valence-corrected chi connectivity index (χ4v) is 8.22. The Kier molecular flexibility index (Phi) is 8.28. The number of pyridine rings is 1. The number of aromatic nitrogens is 2. The average molecular weight is 579 g/mol. The maximum Gasteiger partial charge on any atom is 0.418 e. The van der Waals surface area contributed by atoms with Crippen LogP contribution < -0.4 is 16.5 Å². The van der Waals surface area contributed by atoms with E-state index in [2.05, 4.69) is 34.6 Å². The van der Waals surface area contributed by atoms with E-state index in [0.717, 1.165) is 71.1 Å². The van der Waals surface area contributed by atoms with Gasteiger partial charge < -0.3 is 4.74 Å². The Bertz CT molecular complexity index is 1270. The van der Waals surface area contributed by atoms with E-state index in [9.17, 15) is 18.0 Å². The van der Waals surface area contributed by atoms with Crippen LogP contribution in [0.4, 0.5) is 13.2 Å². The van der Waals surface area contributed by atoms with Gasteiger partial charge in [-0.25, -0.2) is 15.6 Å². The molecule has 11 heteroatoms. The second-order valence-electron chi connectivity index (χ2n) is 13.2. The summed E-state index contributed by atoms with van der Waals surface area (Å²) in [6.45, 7) is 5.11. The van der Waals surface area contributed by atoms with Crippen LogP contribution in [0.1, 0.15) is 75.5 Å². The van der Waals surface area contributed by atoms with Gasteiger partial charge >= 0.3 is 11.9 Å². The van der Waals surface area contributed by atoms with Crippen LogP contribution in [0.3, 0.4) is 0 Å². The fraction of sp³-hybridized carbons (Fsp3) is 0.767. The van der Waals surface area contributed by atoms with Crippen LogP contribution >= 0.6 is 0 Å². The lowest BCUT2D eigenvalue weighted by Gasteiger charge is -2.48. The largest absolute Gasteiger partial charge is 0.418 e. The molecule has 4 fully saturated rings. The summed E-state index contributed by atoms with van der Waals surface area (Å²) in [5, 5.41) is 0. The van der Waals surface area contributed by atoms with Crippen molar-refractivity contribution in [1.82, 2.24) is 29.6 Å². The molecule has 2 aromatic heterocycles. The van der Waals surface area contributed by atoms with Crippen molar-refractivity contribution in [3.8, 4) is 0 Å². The molecule has 0 radical (unpaired) electrons. The molecule has 0 bridgehead atoms. The number of hydrogen-bond donors (Lipinski definition) is 2. The molecule has 2 aromatic rings. The zero-order chi connectivity index (χ0) is 28.9. The van der Waals surface area contributed by atoms with Crippen LogP contribution in [-0.2, 0) is 17.5 Å². The van der Waals surface area contributed by atoms with Gasteiger partial charge in [0.2, 0.25) is 0 Å². The molecule has 228 valence electrons. The van der Waals surface area contributed by atoms with E-state index in [4.69, 9.17) is 4.74 Å². The number of likely N-dealkylation sites (tertiary alicyclic amines) is 1. The maximum absolute atomic E-state index is 14.3. The van der Waals surface area contributed by atoms with Crippen molar-refractivity contribution >= 4 is 5.52 Å². The van der Waals surface area contributed by atoms with Gasteiger partial charge in [-0.2, -0.15) is 13.2 Å². The lowest BCUT2D eigenvalue weighted by molar-refractivity contribution is -0.136. The van der Waals surface area contributed by atoms with Crippen molar-refractivity contribution in [1.29, 1.82) is 0 Å². The van der Waals surface area contributed by atoms with E-state index < -0.39 is 11.7 Å². The minimum atomic E-state index is -4.54. The number of rotatable bonds is 7. The first kappa shape index (κ1) is 29.2. The van der Waals surface area contributed by atoms with Gasteiger partial charge in [0.05, 0.1) is 30.0 Å². The Hall–Kier alpha value is -1.92. The van der Waals surface area contributed by atoms with Crippen molar-refractivity contribution in [2.24, 2.45) is 23.7 Å². The number of nitrogens with one attached hydrogen (secondary N) is 2. The quantitative estimate of drug-likeness (QED) is 0.507. The molecule has 0 aromatic carbocycles. The van der Waals surface area contributed by atoms with Gasteiger partial charge in [0, 0.05) is 38.6 Å². The highest BCUT2D eigenvalue weighted by Crippen LogP contribution is 2.47. The number of fused-ring (bicyclic) bond motifs is 1. The number of methoxy groups -OCH3 is 1. The predicted octanol–water partition coefficient (Wildman–Crippen LogP) is 4.45. The topological polar surface area (TPSA) is 66.2 Å². The minimum absolute atomic E-state index is 0.0414. The van der Waals surface area contributed by atoms with Crippen LogP contribution in [0.5, 0.6) is 0 Å². The number of alkyl halides is 3. The smallest absolute Gasteiger partial charge is 0.381 e. The minimum Gasteiger partial charge on any atom is -0.381 e. The van der Waals surface area contributed by atoms with Gasteiger partial charge in [0.15, 0.2) is 0 Å². The molecule has 2 aliphatic heterocycles. The maximum atomic E-state index is 14.3. The zero-order valence-electron chi connectivity index (χ0n) is 24.5. The Morgan fingerprint density at radius 1 is 1.10 bits per heavy atom. The van der Waals surface area contributed by atoms with E-state index in [1.807, 2.05) is 0 Å². The van der Waals surface area contributed by atoms with Crippen LogP contribution in [0.2, 0.25) is 0 Å². The Morgan fingerprint density at radius 3 is 2.59 bits per heavy atom. The molecule has 5 atom stereocenters. The molecule has 6 rings (SSSR count). The predicted molar refractivity (Wildman–Crippen MR) is 151 cm³/mol. The molecule has 8 nitrogen and oxygen atoms in total. The number of imidazole rings is 1. The summed E-state index contributed by atoms with van der Waals surface area (Å²) in [6, 6.07) is 1.14. The van der Waals surface area contributed by atoms with E-state index >= 15 is 0 Å². The van der Waals surface area contributed by atoms with Gasteiger partial charge in [-0.15, -0.1) is 0 Å². The highest BCUT2D eigenvalue weighted by molar-refractivity contribution is 5.56. The third-order valence-corrected chi connectivity index (χ3v) is 10.4. The van der Waals surface area contributed by atoms with Crippen LogP contribution in [0.15, 0.2) is 23.3 Å². The third-order valence-electron chi connectivity index (χ3n) is 10.4. The second kappa shape index (κ2) is 11.6. The molecule has 41 heavy (non-hydrogen) atoms. The number of ether oxygens (including phenoxy) is 1. The highest BCUT2D eigenvalue weighted by atomic mass is 19.4. The van der Waals surface area contributed by atoms with Crippen molar-refractivity contribution in [3.63, 3.8) is 0 Å². The monoisotopic (exact) mass is 578 g/mol. The number of piperidine rings is 1. The summed E-state index contributed by atoms with van der Waals surface area (Å²) in [4.78, 5) is 18.3. The van der Waals surface area contributed by atoms with Crippen LogP contribution in [-0.4, -0.2) is 65.0 Å². The molecule has 0 amide bonds. The zero-order valence-corrected chi connectivity index (χ0v) is 24.5. The second-order valence-corrected chi connectivity index (χ2v) is 13.2. The van der Waals surface area contributed by atoms with Gasteiger partial charge in [-0.05, 0) is 93.8 Å². The van der Waals surface area contributed by atoms with Gasteiger partial charge in [-0.1, -0.05) is 13.3 Å². The van der Waals surface area contributed by atoms with Crippen molar-refractivity contribution < 1.29 is 17.9 Å². The first-order valence-corrected chi connectivity index (χ1v) is 15.4. The Balaban J connectivity index is 1.29. The molecule has 0 spiro atoms. The Morgan fingerprint density at radius 2 is 1.90 bits per heavy atom. The SMILES string of the molecule is COC1CC([C@@H](C2CCCC(n3cc4c(C(F)(F)F)cc(CN5CCC[C@H](C)C5)cn4c3=O)C2)C2NNCN2C)C1. The summed E-state index contributed by atoms with van der Waals surface area (Å²) in [7, 11) is 3.88. The number of hydrazine groups is 1. The summed E-state index contributed by atoms with van der Waals surface area (Å²) in [6.07, 6.45) is 6.93. The summed E-state index contributed by atoms with van der Waals surface area (Å²) in [5.74, 6) is 1.79. The van der Waals surface area contributed by atoms with E-state index in [-0.39, 0.29) is 23.4 Å². The summed E-state index contributed by atoms with van der Waals surface area (Å²) in [5.41, 5.74) is 6.17. The van der Waals surface area contributed by atoms with E-state index in [1.54, 1.807) is 17.9 Å². The van der Waals surface area contributed by atoms with Crippen molar-refractivity contribution in [3.05, 3.63) is 40.1 Å². The van der Waals surface area contributed by atoms with Crippen LogP contribution in [0, 0.1) is 23.7 Å². The lowest BCUT2D eigenvalue weighted by atomic mass is 9.64. The molecule has 4 aliphatic rings. The van der Waals surface area contributed by atoms with Crippen molar-refractivity contribution in [2.45, 2.75) is 89.3 Å². The van der Waals surface area contributed by atoms with Gasteiger partial charge in [0.25, 0.3) is 0 Å². The van der Waals surface area contributed by atoms with Gasteiger partial charge in [-0.3, -0.25) is 18.8 Å². The molecule has 2 saturated heterocycles. The molecule has 2 aliphatic carbocycles. The third kappa shape index (κ3) is 5.85. The average Bonchev–Trinajstić information content (AvgIpc) is 3.47. The molecule has 3 unspecified atom stereocenters. The number of nitrogens with zero attached hydrogens (tertiary/aromatic N) is 4. The summed E-state index contributed by atoms with van der Waals surface area (Å²) >= 11 is 0. The van der Waals surface area contributed by atoms with Crippen molar-refractivity contribution in [2.75, 3.05) is 33.9 Å². The molecule has 2 saturated carbocycles. The first-order chi connectivity index (χ1) is 19.6. The standard InChI is InChI=1S/C30H45F3N6O2/c1-19-6-5-9-37(14-19)15-20-10-25(30(31,32)33)26-17-38(29(40)39(26)16-20)23-8-4-7-21(11-23)27(22-12-24(13-22)41-3)28-35-34-18-36(28)2/h10,16-17,19,21-24,27-28,34-35H,4-9,11-15,18H2,1-3H3/t19-,21?,22?,23?,24?,27+,28?/m0/s1. The first-order valence-electron chi connectivity index (χ1n) is 15.4. The van der Waals surface area contributed by atoms with Crippen LogP contribution in [0.25, 0.3) is 5.52 Å². The molecule has 4 heterocycles. The molecule has 2 N–H and O–H groups in total. The van der Waals surface area contributed by atoms with Gasteiger partial charge in [0.1, 0.15) is 0 Å². The number of hydrogen-bond acceptors (Lipinski definition) is 6. The van der Waals surface area contributed by atoms with E-state index in [1.165, 1.54) is 16.7 Å². The molecular weight excluding hydrogens is 533 g/mol. The number of halogens is 3. The fourth-order valence-electron chi connectivity index (χ4n) is 8.22. The summed E-state index contributed by atoms with van der Waals surface area (Å²) < 4.78 is 51.5. The lowest BCUT2D eigenvalue weighted by Crippen LogP contribution is -2.52. The molecular formula is C30H45F3N6O2. The normalized spacial score (nSPS) is 32.8. The Labute approximate surface area is 240 Å².